The largest absolute Gasteiger partial charge is 0.493 e. The van der Waals surface area contributed by atoms with E-state index in [1.165, 1.54) is 0 Å². The number of benzene rings is 2. The Labute approximate surface area is 153 Å². The van der Waals surface area contributed by atoms with Crippen molar-refractivity contribution < 1.29 is 14.3 Å². The number of aromatic amines is 1. The highest BCUT2D eigenvalue weighted by atomic mass is 79.9. The van der Waals surface area contributed by atoms with Crippen LogP contribution in [-0.2, 0) is 6.54 Å². The zero-order chi connectivity index (χ0) is 17.8. The lowest BCUT2D eigenvalue weighted by molar-refractivity contribution is 0.0949. The number of ether oxygens (including phenoxy) is 2. The van der Waals surface area contributed by atoms with Crippen LogP contribution in [0.4, 0.5) is 0 Å². The number of fused-ring (bicyclic) bond motifs is 1. The second kappa shape index (κ2) is 7.57. The minimum Gasteiger partial charge on any atom is -0.493 e. The first-order chi connectivity index (χ1) is 12.1. The van der Waals surface area contributed by atoms with E-state index >= 15 is 0 Å². The molecule has 1 aromatic heterocycles. The average Bonchev–Trinajstić information content (AvgIpc) is 3.04. The summed E-state index contributed by atoms with van der Waals surface area (Å²) in [4.78, 5) is 20.1. The van der Waals surface area contributed by atoms with Crippen LogP contribution in [0.5, 0.6) is 11.5 Å². The molecule has 0 aliphatic heterocycles. The van der Waals surface area contributed by atoms with Crippen molar-refractivity contribution in [3.8, 4) is 11.5 Å². The molecule has 1 heterocycles. The summed E-state index contributed by atoms with van der Waals surface area (Å²) in [6.45, 7) is 2.70. The summed E-state index contributed by atoms with van der Waals surface area (Å²) >= 11 is 3.42. The molecule has 0 atom stereocenters. The van der Waals surface area contributed by atoms with Gasteiger partial charge in [-0.1, -0.05) is 12.1 Å². The molecule has 130 valence electrons. The fraction of sp³-hybridized carbons (Fsp3) is 0.222. The maximum atomic E-state index is 12.5. The molecular formula is C18H18BrN3O3. The third-order valence-corrected chi connectivity index (χ3v) is 4.22. The molecule has 3 rings (SSSR count). The van der Waals surface area contributed by atoms with Crippen molar-refractivity contribution in [3.05, 3.63) is 52.3 Å². The molecule has 2 aromatic carbocycles. The first kappa shape index (κ1) is 17.3. The second-order valence-electron chi connectivity index (χ2n) is 5.31. The number of carbonyl (C=O) groups excluding carboxylic acids is 1. The number of aromatic nitrogens is 2. The lowest BCUT2D eigenvalue weighted by Crippen LogP contribution is -2.23. The van der Waals surface area contributed by atoms with Gasteiger partial charge in [-0.3, -0.25) is 4.79 Å². The van der Waals surface area contributed by atoms with Crippen LogP contribution in [0.3, 0.4) is 0 Å². The van der Waals surface area contributed by atoms with Crippen LogP contribution in [0.2, 0.25) is 0 Å². The Kier molecular flexibility index (Phi) is 5.23. The minimum atomic E-state index is -0.220. The van der Waals surface area contributed by atoms with Crippen LogP contribution >= 0.6 is 15.9 Å². The fourth-order valence-corrected chi connectivity index (χ4v) is 3.05. The van der Waals surface area contributed by atoms with E-state index < -0.39 is 0 Å². The highest BCUT2D eigenvalue weighted by molar-refractivity contribution is 9.10. The number of methoxy groups -OCH3 is 1. The molecule has 3 aromatic rings. The van der Waals surface area contributed by atoms with Gasteiger partial charge >= 0.3 is 0 Å². The highest BCUT2D eigenvalue weighted by Crippen LogP contribution is 2.36. The molecule has 0 unspecified atom stereocenters. The Balaban J connectivity index is 1.75. The van der Waals surface area contributed by atoms with Gasteiger partial charge in [-0.2, -0.15) is 0 Å². The number of halogens is 1. The van der Waals surface area contributed by atoms with Crippen LogP contribution in [0.25, 0.3) is 11.0 Å². The molecule has 0 aliphatic rings. The highest BCUT2D eigenvalue weighted by Gasteiger charge is 2.15. The van der Waals surface area contributed by atoms with Crippen LogP contribution in [0, 0.1) is 0 Å². The standard InChI is InChI=1S/C18H18BrN3O3/c1-3-25-17-12(19)8-11(9-15(17)24-2)18(23)20-10-16-21-13-6-4-5-7-14(13)22-16/h4-9H,3,10H2,1-2H3,(H,20,23)(H,21,22). The van der Waals surface area contributed by atoms with Gasteiger partial charge in [0.1, 0.15) is 5.82 Å². The summed E-state index contributed by atoms with van der Waals surface area (Å²) in [6, 6.07) is 11.1. The van der Waals surface area contributed by atoms with E-state index in [4.69, 9.17) is 9.47 Å². The van der Waals surface area contributed by atoms with Crippen molar-refractivity contribution in [2.24, 2.45) is 0 Å². The second-order valence-corrected chi connectivity index (χ2v) is 6.16. The summed E-state index contributed by atoms with van der Waals surface area (Å²) < 4.78 is 11.5. The number of imidazole rings is 1. The van der Waals surface area contributed by atoms with Gasteiger partial charge in [0.25, 0.3) is 5.91 Å². The van der Waals surface area contributed by atoms with Gasteiger partial charge in [-0.05, 0) is 47.1 Å². The van der Waals surface area contributed by atoms with Gasteiger partial charge < -0.3 is 19.8 Å². The molecule has 2 N–H and O–H groups in total. The summed E-state index contributed by atoms with van der Waals surface area (Å²) in [5, 5.41) is 2.86. The van der Waals surface area contributed by atoms with Crippen molar-refractivity contribution in [3.63, 3.8) is 0 Å². The van der Waals surface area contributed by atoms with Gasteiger partial charge in [0.05, 0.1) is 35.8 Å². The molecule has 0 fully saturated rings. The molecule has 25 heavy (non-hydrogen) atoms. The number of hydrogen-bond acceptors (Lipinski definition) is 4. The lowest BCUT2D eigenvalue weighted by atomic mass is 10.2. The maximum absolute atomic E-state index is 12.5. The van der Waals surface area contributed by atoms with Crippen molar-refractivity contribution in [1.82, 2.24) is 15.3 Å². The van der Waals surface area contributed by atoms with Crippen LogP contribution in [0.1, 0.15) is 23.1 Å². The first-order valence-electron chi connectivity index (χ1n) is 7.84. The number of carbonyl (C=O) groups is 1. The maximum Gasteiger partial charge on any atom is 0.251 e. The molecule has 0 saturated heterocycles. The molecule has 0 radical (unpaired) electrons. The van der Waals surface area contributed by atoms with Gasteiger partial charge in [0.2, 0.25) is 0 Å². The molecule has 0 aliphatic carbocycles. The number of nitrogens with zero attached hydrogens (tertiary/aromatic N) is 1. The number of para-hydroxylation sites is 2. The zero-order valence-electron chi connectivity index (χ0n) is 13.9. The van der Waals surface area contributed by atoms with E-state index in [-0.39, 0.29) is 5.91 Å². The molecule has 0 saturated carbocycles. The van der Waals surface area contributed by atoms with E-state index in [9.17, 15) is 4.79 Å². The third-order valence-electron chi connectivity index (χ3n) is 3.64. The number of amides is 1. The molecule has 1 amide bonds. The van der Waals surface area contributed by atoms with Crippen molar-refractivity contribution in [2.75, 3.05) is 13.7 Å². The summed E-state index contributed by atoms with van der Waals surface area (Å²) in [5.41, 5.74) is 2.29. The van der Waals surface area contributed by atoms with Crippen LogP contribution in [0.15, 0.2) is 40.9 Å². The van der Waals surface area contributed by atoms with Crippen molar-refractivity contribution >= 4 is 32.9 Å². The molecule has 0 spiro atoms. The van der Waals surface area contributed by atoms with E-state index in [1.54, 1.807) is 19.2 Å². The third kappa shape index (κ3) is 3.76. The topological polar surface area (TPSA) is 76.2 Å². The first-order valence-corrected chi connectivity index (χ1v) is 8.63. The number of nitrogens with one attached hydrogen (secondary N) is 2. The summed E-state index contributed by atoms with van der Waals surface area (Å²) in [5.74, 6) is 1.57. The quantitative estimate of drug-likeness (QED) is 0.658. The van der Waals surface area contributed by atoms with Gasteiger partial charge in [-0.15, -0.1) is 0 Å². The fourth-order valence-electron chi connectivity index (χ4n) is 2.49. The zero-order valence-corrected chi connectivity index (χ0v) is 15.5. The number of hydrogen-bond donors (Lipinski definition) is 2. The Morgan fingerprint density at radius 2 is 2.12 bits per heavy atom. The Bertz CT molecular complexity index is 875. The summed E-state index contributed by atoms with van der Waals surface area (Å²) in [6.07, 6.45) is 0. The predicted octanol–water partition coefficient (Wildman–Crippen LogP) is 3.66. The smallest absolute Gasteiger partial charge is 0.251 e. The minimum absolute atomic E-state index is 0.220. The van der Waals surface area contributed by atoms with Gasteiger partial charge in [-0.25, -0.2) is 4.98 Å². The lowest BCUT2D eigenvalue weighted by Gasteiger charge is -2.13. The van der Waals surface area contributed by atoms with Crippen molar-refractivity contribution in [1.29, 1.82) is 0 Å². The normalized spacial score (nSPS) is 10.7. The number of rotatable bonds is 6. The van der Waals surface area contributed by atoms with E-state index in [0.717, 1.165) is 11.0 Å². The SMILES string of the molecule is CCOc1c(Br)cc(C(=O)NCc2nc3ccccc3[nH]2)cc1OC. The van der Waals surface area contributed by atoms with Crippen molar-refractivity contribution in [2.45, 2.75) is 13.5 Å². The summed E-state index contributed by atoms with van der Waals surface area (Å²) in [7, 11) is 1.54. The van der Waals surface area contributed by atoms with Gasteiger partial charge in [0.15, 0.2) is 11.5 Å². The Morgan fingerprint density at radius 1 is 1.32 bits per heavy atom. The molecule has 7 heteroatoms. The monoisotopic (exact) mass is 403 g/mol. The van der Waals surface area contributed by atoms with E-state index in [2.05, 4.69) is 31.2 Å². The van der Waals surface area contributed by atoms with Gasteiger partial charge in [0, 0.05) is 5.56 Å². The van der Waals surface area contributed by atoms with Crippen LogP contribution < -0.4 is 14.8 Å². The molecule has 6 nitrogen and oxygen atoms in total. The molecular weight excluding hydrogens is 386 g/mol. The number of H-pyrrole nitrogens is 1. The van der Waals surface area contributed by atoms with E-state index in [0.29, 0.717) is 40.5 Å². The Morgan fingerprint density at radius 3 is 2.84 bits per heavy atom. The Hall–Kier alpha value is -2.54. The average molecular weight is 404 g/mol. The van der Waals surface area contributed by atoms with E-state index in [1.807, 2.05) is 31.2 Å². The van der Waals surface area contributed by atoms with Crippen LogP contribution in [-0.4, -0.2) is 29.6 Å². The molecule has 0 bridgehead atoms. The predicted molar refractivity (Wildman–Crippen MR) is 99.1 cm³/mol.